The Labute approximate surface area is 59.2 Å². The van der Waals surface area contributed by atoms with Crippen LogP contribution in [0.25, 0.3) is 0 Å². The third-order valence-corrected chi connectivity index (χ3v) is 1.24. The Morgan fingerprint density at radius 3 is 2.70 bits per heavy atom. The fraction of sp³-hybridized carbons (Fsp3) is 0.833. The maximum Gasteiger partial charge on any atom is 0.303 e. The van der Waals surface area contributed by atoms with E-state index in [1.807, 2.05) is 6.92 Å². The molecule has 0 aromatic carbocycles. The molecule has 0 radical (unpaired) electrons. The van der Waals surface area contributed by atoms with Crippen molar-refractivity contribution in [2.24, 2.45) is 11.1 Å². The summed E-state index contributed by atoms with van der Waals surface area (Å²) in [6, 6.07) is 0. The molecule has 0 aromatic heterocycles. The van der Waals surface area contributed by atoms with Gasteiger partial charge in [0, 0.05) is 6.42 Å². The maximum atomic E-state index is 10.00. The van der Waals surface area contributed by atoms with Crippen LogP contribution in [0.5, 0.6) is 0 Å². The highest BCUT2D eigenvalue weighted by atomic mass is 16.4. The molecule has 0 bridgehead atoms. The van der Waals surface area contributed by atoms with E-state index in [4.69, 9.17) is 5.11 Å². The molecule has 0 spiro atoms. The molecule has 0 fully saturated rings. The first-order valence-corrected chi connectivity index (χ1v) is 3.17. The van der Waals surface area contributed by atoms with Crippen LogP contribution in [0.1, 0.15) is 19.8 Å². The summed E-state index contributed by atoms with van der Waals surface area (Å²) in [4.78, 5) is 19.7. The van der Waals surface area contributed by atoms with Gasteiger partial charge in [-0.3, -0.25) is 4.79 Å². The molecule has 1 unspecified atom stereocenters. The maximum absolute atomic E-state index is 10.00. The number of rotatable bonds is 5. The van der Waals surface area contributed by atoms with Gasteiger partial charge in [0.2, 0.25) is 0 Å². The van der Waals surface area contributed by atoms with E-state index in [0.717, 1.165) is 0 Å². The number of carboxylic acids is 1. The molecule has 0 amide bonds. The van der Waals surface area contributed by atoms with Gasteiger partial charge in [0.05, 0.1) is 6.54 Å². The standard InChI is InChI=1S/C6H11NO3/c1-5(4-7-10)2-3-6(8)9/h5H,2-4H2,1H3,(H,8,9). The second-order valence-electron chi connectivity index (χ2n) is 2.35. The van der Waals surface area contributed by atoms with Crippen molar-refractivity contribution < 1.29 is 9.90 Å². The molecule has 0 saturated heterocycles. The van der Waals surface area contributed by atoms with E-state index in [1.165, 1.54) is 0 Å². The molecule has 0 aliphatic rings. The molecule has 4 heteroatoms. The van der Waals surface area contributed by atoms with Crippen molar-refractivity contribution in [3.8, 4) is 0 Å². The quantitative estimate of drug-likeness (QED) is 0.592. The zero-order valence-corrected chi connectivity index (χ0v) is 5.91. The van der Waals surface area contributed by atoms with Gasteiger partial charge >= 0.3 is 5.97 Å². The largest absolute Gasteiger partial charge is 0.481 e. The number of carbonyl (C=O) groups is 1. The summed E-state index contributed by atoms with van der Waals surface area (Å²) in [5.74, 6) is -0.730. The second-order valence-corrected chi connectivity index (χ2v) is 2.35. The van der Waals surface area contributed by atoms with Crippen LogP contribution in [0.15, 0.2) is 5.18 Å². The molecule has 0 aliphatic heterocycles. The molecule has 10 heavy (non-hydrogen) atoms. The number of nitroso groups, excluding NO2 is 1. The van der Waals surface area contributed by atoms with E-state index >= 15 is 0 Å². The molecule has 1 N–H and O–H groups in total. The highest BCUT2D eigenvalue weighted by Gasteiger charge is 2.04. The molecule has 0 aromatic rings. The zero-order chi connectivity index (χ0) is 7.98. The summed E-state index contributed by atoms with van der Waals surface area (Å²) in [6.07, 6.45) is 0.651. The smallest absolute Gasteiger partial charge is 0.303 e. The third-order valence-electron chi connectivity index (χ3n) is 1.24. The first-order chi connectivity index (χ1) is 4.66. The SMILES string of the molecule is CC(CCC(=O)O)CN=O. The second kappa shape index (κ2) is 4.90. The summed E-state index contributed by atoms with van der Waals surface area (Å²) in [5.41, 5.74) is 0. The Bertz CT molecular complexity index is 124. The molecule has 58 valence electrons. The van der Waals surface area contributed by atoms with Gasteiger partial charge in [-0.05, 0) is 12.3 Å². The number of aliphatic carboxylic acids is 1. The summed E-state index contributed by atoms with van der Waals surface area (Å²) in [7, 11) is 0. The van der Waals surface area contributed by atoms with Crippen LogP contribution in [0.2, 0.25) is 0 Å². The first kappa shape index (κ1) is 9.07. The van der Waals surface area contributed by atoms with Gasteiger partial charge in [-0.1, -0.05) is 12.1 Å². The van der Waals surface area contributed by atoms with Gasteiger partial charge in [0.25, 0.3) is 0 Å². The highest BCUT2D eigenvalue weighted by Crippen LogP contribution is 2.04. The third kappa shape index (κ3) is 5.21. The Hall–Kier alpha value is -0.930. The van der Waals surface area contributed by atoms with Gasteiger partial charge < -0.3 is 5.11 Å². The lowest BCUT2D eigenvalue weighted by molar-refractivity contribution is -0.137. The summed E-state index contributed by atoms with van der Waals surface area (Å²) < 4.78 is 0. The number of nitrogens with zero attached hydrogens (tertiary/aromatic N) is 1. The van der Waals surface area contributed by atoms with Crippen molar-refractivity contribution in [1.82, 2.24) is 0 Å². The van der Waals surface area contributed by atoms with E-state index in [2.05, 4.69) is 5.18 Å². The van der Waals surface area contributed by atoms with Crippen LogP contribution in [0.3, 0.4) is 0 Å². The van der Waals surface area contributed by atoms with E-state index in [9.17, 15) is 9.70 Å². The minimum absolute atomic E-state index is 0.0913. The van der Waals surface area contributed by atoms with Crippen molar-refractivity contribution in [2.75, 3.05) is 6.54 Å². The Kier molecular flexibility index (Phi) is 4.45. The van der Waals surface area contributed by atoms with Crippen molar-refractivity contribution in [1.29, 1.82) is 0 Å². The lowest BCUT2D eigenvalue weighted by Crippen LogP contribution is -2.03. The van der Waals surface area contributed by atoms with Crippen LogP contribution in [0, 0.1) is 10.8 Å². The molecule has 0 heterocycles. The number of hydrogen-bond donors (Lipinski definition) is 1. The Balaban J connectivity index is 3.29. The highest BCUT2D eigenvalue weighted by molar-refractivity contribution is 5.66. The fourth-order valence-electron chi connectivity index (χ4n) is 0.588. The average molecular weight is 145 g/mol. The van der Waals surface area contributed by atoms with Gasteiger partial charge in [-0.15, -0.1) is 0 Å². The zero-order valence-electron chi connectivity index (χ0n) is 5.91. The first-order valence-electron chi connectivity index (χ1n) is 3.17. The predicted octanol–water partition coefficient (Wildman–Crippen LogP) is 1.25. The Morgan fingerprint density at radius 1 is 1.70 bits per heavy atom. The molecule has 0 saturated carbocycles. The summed E-state index contributed by atoms with van der Waals surface area (Å²) in [5, 5.41) is 10.9. The lowest BCUT2D eigenvalue weighted by atomic mass is 10.1. The minimum Gasteiger partial charge on any atom is -0.481 e. The van der Waals surface area contributed by atoms with E-state index in [1.54, 1.807) is 0 Å². The normalized spacial score (nSPS) is 12.5. The number of carboxylic acid groups (broad SMARTS) is 1. The van der Waals surface area contributed by atoms with Gasteiger partial charge in [0.15, 0.2) is 0 Å². The van der Waals surface area contributed by atoms with E-state index in [0.29, 0.717) is 6.42 Å². The molecular weight excluding hydrogens is 134 g/mol. The van der Waals surface area contributed by atoms with Crippen LogP contribution >= 0.6 is 0 Å². The van der Waals surface area contributed by atoms with Gasteiger partial charge in [-0.25, -0.2) is 0 Å². The monoisotopic (exact) mass is 145 g/mol. The minimum atomic E-state index is -0.822. The average Bonchev–Trinajstić information content (AvgIpc) is 1.85. The molecule has 1 atom stereocenters. The van der Waals surface area contributed by atoms with Crippen LogP contribution in [0.4, 0.5) is 0 Å². The number of hydrogen-bond acceptors (Lipinski definition) is 3. The van der Waals surface area contributed by atoms with Crippen molar-refractivity contribution in [3.63, 3.8) is 0 Å². The molecule has 0 aliphatic carbocycles. The molecular formula is C6H11NO3. The van der Waals surface area contributed by atoms with Crippen LogP contribution in [-0.2, 0) is 4.79 Å². The lowest BCUT2D eigenvalue weighted by Gasteiger charge is -2.01. The van der Waals surface area contributed by atoms with Crippen LogP contribution in [-0.4, -0.2) is 17.6 Å². The van der Waals surface area contributed by atoms with Crippen molar-refractivity contribution in [3.05, 3.63) is 4.91 Å². The predicted molar refractivity (Wildman–Crippen MR) is 36.7 cm³/mol. The molecule has 4 nitrogen and oxygen atoms in total. The van der Waals surface area contributed by atoms with Gasteiger partial charge in [-0.2, -0.15) is 4.91 Å². The topological polar surface area (TPSA) is 66.7 Å². The van der Waals surface area contributed by atoms with Crippen molar-refractivity contribution >= 4 is 5.97 Å². The molecule has 0 rings (SSSR count). The van der Waals surface area contributed by atoms with Gasteiger partial charge in [0.1, 0.15) is 0 Å². The fourth-order valence-corrected chi connectivity index (χ4v) is 0.588. The summed E-state index contributed by atoms with van der Waals surface area (Å²) in [6.45, 7) is 2.03. The van der Waals surface area contributed by atoms with E-state index in [-0.39, 0.29) is 18.9 Å². The Morgan fingerprint density at radius 2 is 2.30 bits per heavy atom. The van der Waals surface area contributed by atoms with Crippen molar-refractivity contribution in [2.45, 2.75) is 19.8 Å². The van der Waals surface area contributed by atoms with Crippen LogP contribution < -0.4 is 0 Å². The van der Waals surface area contributed by atoms with E-state index < -0.39 is 5.97 Å². The summed E-state index contributed by atoms with van der Waals surface area (Å²) >= 11 is 0.